The van der Waals surface area contributed by atoms with Crippen LogP contribution in [0.25, 0.3) is 10.9 Å². The van der Waals surface area contributed by atoms with Crippen molar-refractivity contribution in [2.24, 2.45) is 15.9 Å². The lowest BCUT2D eigenvalue weighted by molar-refractivity contribution is -0.0649. The van der Waals surface area contributed by atoms with Gasteiger partial charge in [0, 0.05) is 75.3 Å². The van der Waals surface area contributed by atoms with Gasteiger partial charge in [-0.15, -0.1) is 0 Å². The number of hydrogen-bond donors (Lipinski definition) is 1. The predicted molar refractivity (Wildman–Crippen MR) is 134 cm³/mol. The smallest absolute Gasteiger partial charge is 0.253 e. The van der Waals surface area contributed by atoms with Crippen molar-refractivity contribution in [3.05, 3.63) is 41.0 Å². The van der Waals surface area contributed by atoms with Crippen molar-refractivity contribution in [2.75, 3.05) is 39.3 Å². The summed E-state index contributed by atoms with van der Waals surface area (Å²) in [6.45, 7) is 3.24. The Morgan fingerprint density at radius 2 is 1.94 bits per heavy atom. The molecule has 186 valence electrons. The summed E-state index contributed by atoms with van der Waals surface area (Å²) in [5.74, 6) is -2.29. The Morgan fingerprint density at radius 3 is 2.66 bits per heavy atom. The molecule has 0 radical (unpaired) electrons. The number of alkyl halides is 2. The summed E-state index contributed by atoms with van der Waals surface area (Å²) in [5, 5.41) is 4.03. The van der Waals surface area contributed by atoms with Gasteiger partial charge in [-0.05, 0) is 31.0 Å². The number of pyridine rings is 1. The number of rotatable bonds is 5. The third-order valence-corrected chi connectivity index (χ3v) is 7.45. The van der Waals surface area contributed by atoms with Crippen molar-refractivity contribution in [3.8, 4) is 0 Å². The number of piperidine rings is 1. The van der Waals surface area contributed by atoms with Crippen molar-refractivity contribution in [1.29, 1.82) is 0 Å². The van der Waals surface area contributed by atoms with E-state index >= 15 is 0 Å². The Bertz CT molecular complexity index is 1140. The molecule has 4 heterocycles. The van der Waals surface area contributed by atoms with Crippen molar-refractivity contribution in [2.45, 2.75) is 37.6 Å². The lowest BCUT2D eigenvalue weighted by Gasteiger charge is -2.40. The molecule has 1 aromatic carbocycles. The van der Waals surface area contributed by atoms with Gasteiger partial charge in [0.05, 0.1) is 22.6 Å². The average molecular weight is 503 g/mol. The number of fused-ring (bicyclic) bond motifs is 1. The minimum absolute atomic E-state index is 0.0852. The minimum Gasteiger partial charge on any atom is -0.350 e. The number of carbonyl (C=O) groups is 1. The number of carbonyl (C=O) groups excluding carboxylic acids is 1. The summed E-state index contributed by atoms with van der Waals surface area (Å²) in [6.07, 6.45) is 5.45. The molecule has 2 saturated heterocycles. The van der Waals surface area contributed by atoms with Crippen LogP contribution in [-0.2, 0) is 0 Å². The van der Waals surface area contributed by atoms with Crippen LogP contribution in [-0.4, -0.2) is 84.1 Å². The lowest BCUT2D eigenvalue weighted by atomic mass is 9.95. The number of nitrogens with zero attached hydrogens (tertiary/aromatic N) is 5. The maximum Gasteiger partial charge on any atom is 0.253 e. The second-order valence-corrected chi connectivity index (χ2v) is 9.85. The number of halogens is 3. The fourth-order valence-electron chi connectivity index (χ4n) is 5.13. The Hall–Kier alpha value is -2.65. The number of aromatic nitrogens is 1. The van der Waals surface area contributed by atoms with E-state index in [0.29, 0.717) is 28.0 Å². The molecular formula is C25H29ClF2N6O. The Kier molecular flexibility index (Phi) is 6.98. The molecule has 2 unspecified atom stereocenters. The monoisotopic (exact) mass is 502 g/mol. The first kappa shape index (κ1) is 24.1. The molecule has 1 amide bonds. The molecule has 1 N–H and O–H groups in total. The van der Waals surface area contributed by atoms with Gasteiger partial charge in [0.1, 0.15) is 0 Å². The van der Waals surface area contributed by atoms with Gasteiger partial charge in [-0.1, -0.05) is 17.7 Å². The number of guanidine groups is 1. The third kappa shape index (κ3) is 5.30. The highest BCUT2D eigenvalue weighted by atomic mass is 35.5. The van der Waals surface area contributed by atoms with E-state index < -0.39 is 5.92 Å². The molecule has 0 bridgehead atoms. The molecule has 2 atom stereocenters. The van der Waals surface area contributed by atoms with Gasteiger partial charge < -0.3 is 10.2 Å². The van der Waals surface area contributed by atoms with E-state index in [1.54, 1.807) is 24.4 Å². The Balaban J connectivity index is 1.33. The molecule has 0 spiro atoms. The van der Waals surface area contributed by atoms with Crippen molar-refractivity contribution >= 4 is 40.6 Å². The number of aliphatic imine (C=N–C) groups is 2. The van der Waals surface area contributed by atoms with E-state index in [1.165, 1.54) is 0 Å². The Morgan fingerprint density at radius 1 is 1.17 bits per heavy atom. The normalized spacial score (nSPS) is 23.3. The van der Waals surface area contributed by atoms with Gasteiger partial charge in [-0.25, -0.2) is 13.8 Å². The second kappa shape index (κ2) is 10.1. The number of amides is 1. The van der Waals surface area contributed by atoms with E-state index in [2.05, 4.69) is 20.2 Å². The van der Waals surface area contributed by atoms with Gasteiger partial charge in [0.2, 0.25) is 5.96 Å². The van der Waals surface area contributed by atoms with Crippen molar-refractivity contribution in [3.63, 3.8) is 0 Å². The molecule has 5 rings (SSSR count). The molecule has 2 fully saturated rings. The van der Waals surface area contributed by atoms with Gasteiger partial charge in [-0.2, -0.15) is 0 Å². The maximum absolute atomic E-state index is 13.9. The summed E-state index contributed by atoms with van der Waals surface area (Å²) in [5.41, 5.74) is 1.05. The largest absolute Gasteiger partial charge is 0.350 e. The van der Waals surface area contributed by atoms with Gasteiger partial charge in [0.25, 0.3) is 11.8 Å². The lowest BCUT2D eigenvalue weighted by Crippen LogP contribution is -2.54. The SMILES string of the molecule is O=C(NCC(C1C=NC(N2CCCC2)=NC1)N1CCC(F)(F)CC1)c1c(Cl)ccc2ncccc12. The zero-order chi connectivity index (χ0) is 24.4. The van der Waals surface area contributed by atoms with Crippen LogP contribution in [0.1, 0.15) is 36.0 Å². The first-order chi connectivity index (χ1) is 16.9. The summed E-state index contributed by atoms with van der Waals surface area (Å²) in [6, 6.07) is 6.82. The van der Waals surface area contributed by atoms with E-state index in [9.17, 15) is 13.6 Å². The number of nitrogens with one attached hydrogen (secondary N) is 1. The second-order valence-electron chi connectivity index (χ2n) is 9.44. The van der Waals surface area contributed by atoms with Crippen LogP contribution in [0, 0.1) is 5.92 Å². The van der Waals surface area contributed by atoms with Crippen molar-refractivity contribution in [1.82, 2.24) is 20.1 Å². The fraction of sp³-hybridized carbons (Fsp3) is 0.520. The molecule has 10 heteroatoms. The zero-order valence-electron chi connectivity index (χ0n) is 19.5. The number of hydrogen-bond acceptors (Lipinski definition) is 6. The van der Waals surface area contributed by atoms with E-state index in [0.717, 1.165) is 31.9 Å². The zero-order valence-corrected chi connectivity index (χ0v) is 20.2. The molecule has 7 nitrogen and oxygen atoms in total. The van der Waals surface area contributed by atoms with Crippen LogP contribution < -0.4 is 5.32 Å². The molecule has 35 heavy (non-hydrogen) atoms. The minimum atomic E-state index is -2.64. The van der Waals surface area contributed by atoms with Crippen LogP contribution in [0.15, 0.2) is 40.4 Å². The first-order valence-corrected chi connectivity index (χ1v) is 12.6. The highest BCUT2D eigenvalue weighted by Crippen LogP contribution is 2.30. The molecule has 0 saturated carbocycles. The summed E-state index contributed by atoms with van der Waals surface area (Å²) in [4.78, 5) is 31.1. The molecule has 3 aliphatic heterocycles. The molecule has 3 aliphatic rings. The van der Waals surface area contributed by atoms with E-state index in [4.69, 9.17) is 16.6 Å². The van der Waals surface area contributed by atoms with Gasteiger partial charge >= 0.3 is 0 Å². The first-order valence-electron chi connectivity index (χ1n) is 12.2. The van der Waals surface area contributed by atoms with Crippen LogP contribution in [0.3, 0.4) is 0 Å². The number of benzene rings is 1. The van der Waals surface area contributed by atoms with E-state index in [-0.39, 0.29) is 50.3 Å². The van der Waals surface area contributed by atoms with E-state index in [1.807, 2.05) is 17.2 Å². The van der Waals surface area contributed by atoms with Gasteiger partial charge in [-0.3, -0.25) is 19.7 Å². The van der Waals surface area contributed by atoms with Crippen LogP contribution >= 0.6 is 11.6 Å². The highest BCUT2D eigenvalue weighted by molar-refractivity contribution is 6.35. The Labute approximate surface area is 208 Å². The highest BCUT2D eigenvalue weighted by Gasteiger charge is 2.38. The molecule has 0 aliphatic carbocycles. The van der Waals surface area contributed by atoms with Crippen LogP contribution in [0.2, 0.25) is 5.02 Å². The van der Waals surface area contributed by atoms with Gasteiger partial charge in [0.15, 0.2) is 0 Å². The quantitative estimate of drug-likeness (QED) is 0.673. The fourth-order valence-corrected chi connectivity index (χ4v) is 5.38. The maximum atomic E-state index is 13.9. The predicted octanol–water partition coefficient (Wildman–Crippen LogP) is 3.87. The topological polar surface area (TPSA) is 73.2 Å². The summed E-state index contributed by atoms with van der Waals surface area (Å²) in [7, 11) is 0. The van der Waals surface area contributed by atoms with Crippen LogP contribution in [0.5, 0.6) is 0 Å². The summed E-state index contributed by atoms with van der Waals surface area (Å²) >= 11 is 6.39. The number of likely N-dealkylation sites (tertiary alicyclic amines) is 2. The molecule has 2 aromatic rings. The molecule has 1 aromatic heterocycles. The summed E-state index contributed by atoms with van der Waals surface area (Å²) < 4.78 is 27.7. The van der Waals surface area contributed by atoms with Crippen molar-refractivity contribution < 1.29 is 13.6 Å². The third-order valence-electron chi connectivity index (χ3n) is 7.14. The standard InChI is InChI=1S/C25H29ClF2N6O/c26-19-5-6-20-18(4-3-9-29-20)22(19)23(35)30-16-21(33-12-7-25(27,28)8-13-33)17-14-31-24(32-15-17)34-10-1-2-11-34/h3-6,9,14,17,21H,1-2,7-8,10-13,15-16H2,(H,30,35). The molecular weight excluding hydrogens is 474 g/mol. The average Bonchev–Trinajstić information content (AvgIpc) is 3.40. The van der Waals surface area contributed by atoms with Crippen LogP contribution in [0.4, 0.5) is 8.78 Å².